The van der Waals surface area contributed by atoms with Gasteiger partial charge in [-0.15, -0.1) is 6.58 Å². The number of rotatable bonds is 11. The minimum Gasteiger partial charge on any atom is -0.102 e. The molecule has 1 atom stereocenters. The highest BCUT2D eigenvalue weighted by Gasteiger charge is 2.32. The van der Waals surface area contributed by atoms with E-state index < -0.39 is 0 Å². The van der Waals surface area contributed by atoms with Gasteiger partial charge in [-0.3, -0.25) is 0 Å². The Morgan fingerprint density at radius 3 is 1.95 bits per heavy atom. The van der Waals surface area contributed by atoms with Crippen LogP contribution in [0.2, 0.25) is 0 Å². The van der Waals surface area contributed by atoms with Crippen LogP contribution in [0.15, 0.2) is 224 Å². The predicted octanol–water partition coefficient (Wildman–Crippen LogP) is 19.3. The third-order valence-corrected chi connectivity index (χ3v) is 13.1. The van der Waals surface area contributed by atoms with Gasteiger partial charge in [-0.2, -0.15) is 0 Å². The maximum absolute atomic E-state index is 4.17. The Labute approximate surface area is 395 Å². The number of allylic oxidation sites excluding steroid dienone is 20. The van der Waals surface area contributed by atoms with Crippen molar-refractivity contribution in [3.63, 3.8) is 0 Å². The molecule has 0 nitrogen and oxygen atoms in total. The van der Waals surface area contributed by atoms with Crippen LogP contribution in [0.5, 0.6) is 0 Å². The summed E-state index contributed by atoms with van der Waals surface area (Å²) in [5.74, 6) is 0.368. The molecule has 6 aromatic rings. The van der Waals surface area contributed by atoms with Crippen molar-refractivity contribution in [1.29, 1.82) is 0 Å². The van der Waals surface area contributed by atoms with E-state index in [1.807, 2.05) is 31.2 Å². The molecule has 0 heteroatoms. The number of fused-ring (bicyclic) bond motifs is 4. The highest BCUT2D eigenvalue weighted by molar-refractivity contribution is 6.27. The molecule has 0 aliphatic heterocycles. The van der Waals surface area contributed by atoms with Crippen molar-refractivity contribution < 1.29 is 0 Å². The molecule has 0 heterocycles. The van der Waals surface area contributed by atoms with Crippen LogP contribution in [-0.2, 0) is 0 Å². The summed E-state index contributed by atoms with van der Waals surface area (Å²) in [6.45, 7) is 18.7. The standard InChI is InChI=1S/C42H30.C17H26.C7H8/c1-2-5-16-29(15-4-1)38-34-19-10-11-20-35(34)40(33-18-9-8-17-30(33)27-13-6-3-7-14-27)42-37-26-25-31(28-23-24-28)32-21-12-22-36(39(32)37)41(38)42;1-7-11-13-15(6)16(10-4)17(12-8-2)14(5)9-3;1-7-5-3-2-4-6-7/h1,4-6,8-23,25-26H,2-3,7,24H2;8-9,11-14H,3,6-7,10H2,1-2,4-5H3;2-6H,1H3/b;12-8-,13-11-,17-16+;. The van der Waals surface area contributed by atoms with E-state index in [1.165, 1.54) is 105 Å². The minimum atomic E-state index is 0.368. The van der Waals surface area contributed by atoms with Crippen molar-refractivity contribution in [1.82, 2.24) is 0 Å². The molecule has 0 N–H and O–H groups in total. The van der Waals surface area contributed by atoms with E-state index in [9.17, 15) is 0 Å². The van der Waals surface area contributed by atoms with Crippen LogP contribution in [0.1, 0.15) is 88.5 Å². The van der Waals surface area contributed by atoms with E-state index >= 15 is 0 Å². The molecule has 0 radical (unpaired) electrons. The van der Waals surface area contributed by atoms with Gasteiger partial charge in [0.15, 0.2) is 0 Å². The minimum absolute atomic E-state index is 0.368. The fraction of sp³-hybridized carbons (Fsp3) is 0.182. The Kier molecular flexibility index (Phi) is 14.7. The zero-order valence-corrected chi connectivity index (χ0v) is 39.7. The van der Waals surface area contributed by atoms with Gasteiger partial charge >= 0.3 is 0 Å². The van der Waals surface area contributed by atoms with Gasteiger partial charge in [-0.1, -0.05) is 227 Å². The third-order valence-electron chi connectivity index (χ3n) is 13.1. The summed E-state index contributed by atoms with van der Waals surface area (Å²) in [5.41, 5.74) is 21.4. The van der Waals surface area contributed by atoms with Gasteiger partial charge in [0.1, 0.15) is 0 Å². The summed E-state index contributed by atoms with van der Waals surface area (Å²) in [6, 6.07) is 40.2. The average molecular weight is 857 g/mol. The molecule has 66 heavy (non-hydrogen) atoms. The lowest BCUT2D eigenvalue weighted by Gasteiger charge is -2.22. The molecule has 0 bridgehead atoms. The molecule has 0 saturated heterocycles. The highest BCUT2D eigenvalue weighted by atomic mass is 14.3. The first-order chi connectivity index (χ1) is 32.4. The molecule has 6 aromatic carbocycles. The monoisotopic (exact) mass is 857 g/mol. The van der Waals surface area contributed by atoms with E-state index in [0.717, 1.165) is 44.1 Å². The molecule has 328 valence electrons. The van der Waals surface area contributed by atoms with E-state index in [1.54, 1.807) is 0 Å². The van der Waals surface area contributed by atoms with Gasteiger partial charge in [0.25, 0.3) is 0 Å². The maximum Gasteiger partial charge on any atom is -0.000719 e. The zero-order valence-electron chi connectivity index (χ0n) is 39.7. The molecule has 0 aromatic heterocycles. The topological polar surface area (TPSA) is 0 Å². The van der Waals surface area contributed by atoms with Gasteiger partial charge in [0.2, 0.25) is 0 Å². The summed E-state index contributed by atoms with van der Waals surface area (Å²) < 4.78 is 0. The van der Waals surface area contributed by atoms with Gasteiger partial charge in [-0.25, -0.2) is 0 Å². The average Bonchev–Trinajstić information content (AvgIpc) is 4.20. The second kappa shape index (κ2) is 21.3. The predicted molar refractivity (Wildman–Crippen MR) is 292 cm³/mol. The summed E-state index contributed by atoms with van der Waals surface area (Å²) >= 11 is 0. The zero-order chi connectivity index (χ0) is 46.0. The fourth-order valence-electron chi connectivity index (χ4n) is 9.79. The Morgan fingerprint density at radius 1 is 0.636 bits per heavy atom. The second-order valence-corrected chi connectivity index (χ2v) is 17.5. The van der Waals surface area contributed by atoms with E-state index in [2.05, 4.69) is 211 Å². The van der Waals surface area contributed by atoms with Crippen molar-refractivity contribution in [2.45, 2.75) is 73.1 Å². The van der Waals surface area contributed by atoms with Crippen molar-refractivity contribution in [2.75, 3.05) is 0 Å². The quantitative estimate of drug-likeness (QED) is 0.0898. The maximum atomic E-state index is 4.17. The van der Waals surface area contributed by atoms with Crippen LogP contribution in [0.25, 0.3) is 71.6 Å². The summed E-state index contributed by atoms with van der Waals surface area (Å²) in [7, 11) is 0. The smallest absolute Gasteiger partial charge is 0.000719 e. The molecule has 0 spiro atoms. The van der Waals surface area contributed by atoms with E-state index in [4.69, 9.17) is 0 Å². The van der Waals surface area contributed by atoms with Crippen LogP contribution in [0.4, 0.5) is 0 Å². The van der Waals surface area contributed by atoms with Crippen molar-refractivity contribution in [3.05, 3.63) is 246 Å². The lowest BCUT2D eigenvalue weighted by molar-refractivity contribution is 0.865. The Balaban J connectivity index is 0.000000205. The molecule has 0 fully saturated rings. The van der Waals surface area contributed by atoms with Crippen LogP contribution in [0.3, 0.4) is 0 Å². The lowest BCUT2D eigenvalue weighted by Crippen LogP contribution is -1.99. The SMILES string of the molecule is C1=CCC=CC(c2c3c(c(-c4ccccc4C4=CCCC=C4)c4ccccc24)-c2ccc(C4=CC4)c4cccc-3c24)=C1.C=CC(C)C(/C=C\C)=C(\CC)C(=C)/C=C\CC.Cc1ccccc1. The van der Waals surface area contributed by atoms with Crippen LogP contribution < -0.4 is 0 Å². The molecule has 4 aliphatic rings. The molecular formula is C66H64. The second-order valence-electron chi connectivity index (χ2n) is 17.5. The van der Waals surface area contributed by atoms with Crippen molar-refractivity contribution in [3.8, 4) is 33.4 Å². The highest BCUT2D eigenvalue weighted by Crippen LogP contribution is 2.58. The first-order valence-electron chi connectivity index (χ1n) is 24.1. The van der Waals surface area contributed by atoms with Crippen LogP contribution >= 0.6 is 0 Å². The van der Waals surface area contributed by atoms with Gasteiger partial charge < -0.3 is 0 Å². The summed E-state index contributed by atoms with van der Waals surface area (Å²) in [6.07, 6.45) is 37.7. The number of hydrogen-bond acceptors (Lipinski definition) is 0. The number of hydrogen-bond donors (Lipinski definition) is 0. The van der Waals surface area contributed by atoms with Gasteiger partial charge in [0, 0.05) is 0 Å². The largest absolute Gasteiger partial charge is 0.102 e. The lowest BCUT2D eigenvalue weighted by atomic mass is 9.80. The fourth-order valence-corrected chi connectivity index (χ4v) is 9.79. The van der Waals surface area contributed by atoms with E-state index in [0.29, 0.717) is 5.92 Å². The normalized spacial score (nSPS) is 15.2. The first kappa shape index (κ1) is 45.5. The molecule has 0 saturated carbocycles. The third kappa shape index (κ3) is 9.52. The molecule has 1 unspecified atom stereocenters. The summed E-state index contributed by atoms with van der Waals surface area (Å²) in [4.78, 5) is 0. The Bertz CT molecular complexity index is 3080. The number of benzene rings is 6. The van der Waals surface area contributed by atoms with Crippen LogP contribution in [0, 0.1) is 12.8 Å². The summed E-state index contributed by atoms with van der Waals surface area (Å²) in [5, 5.41) is 5.41. The van der Waals surface area contributed by atoms with Gasteiger partial charge in [-0.05, 0) is 163 Å². The van der Waals surface area contributed by atoms with E-state index in [-0.39, 0.29) is 0 Å². The molecule has 10 rings (SSSR count). The van der Waals surface area contributed by atoms with Gasteiger partial charge in [0.05, 0.1) is 0 Å². The number of aryl methyl sites for hydroxylation is 1. The molecule has 4 aliphatic carbocycles. The molecular weight excluding hydrogens is 793 g/mol. The van der Waals surface area contributed by atoms with Crippen LogP contribution in [-0.4, -0.2) is 0 Å². The first-order valence-corrected chi connectivity index (χ1v) is 24.1. The molecule has 0 amide bonds. The van der Waals surface area contributed by atoms with Crippen molar-refractivity contribution >= 4 is 38.3 Å². The Morgan fingerprint density at radius 2 is 1.29 bits per heavy atom. The van der Waals surface area contributed by atoms with Crippen molar-refractivity contribution in [2.24, 2.45) is 5.92 Å². The Hall–Kier alpha value is -7.02.